The summed E-state index contributed by atoms with van der Waals surface area (Å²) in [4.78, 5) is 26.1. The molecule has 1 aromatic rings. The number of carbonyl (C=O) groups excluding carboxylic acids is 2. The molecule has 0 saturated carbocycles. The van der Waals surface area contributed by atoms with Gasteiger partial charge in [-0.15, -0.1) is 0 Å². The van der Waals surface area contributed by atoms with Crippen molar-refractivity contribution < 1.29 is 14.3 Å². The molecule has 1 atom stereocenters. The molecule has 0 unspecified atom stereocenters. The fourth-order valence-corrected chi connectivity index (χ4v) is 3.48. The van der Waals surface area contributed by atoms with E-state index in [-0.39, 0.29) is 18.0 Å². The molecule has 0 fully saturated rings. The zero-order valence-electron chi connectivity index (χ0n) is 21.3. The lowest BCUT2D eigenvalue weighted by Crippen LogP contribution is -2.38. The van der Waals surface area contributed by atoms with Gasteiger partial charge in [-0.25, -0.2) is 4.79 Å². The van der Waals surface area contributed by atoms with Gasteiger partial charge in [-0.2, -0.15) is 0 Å². The number of nitrogens with zero attached hydrogens (tertiary/aromatic N) is 1. The smallest absolute Gasteiger partial charge is 0.410 e. The first-order chi connectivity index (χ1) is 15.1. The van der Waals surface area contributed by atoms with Crippen molar-refractivity contribution in [1.82, 2.24) is 10.2 Å². The number of hydrogen-bond donors (Lipinski definition) is 1. The van der Waals surface area contributed by atoms with Crippen LogP contribution in [0.2, 0.25) is 0 Å². The second-order valence-electron chi connectivity index (χ2n) is 9.99. The molecule has 0 aliphatic carbocycles. The molecule has 0 aliphatic heterocycles. The number of hydrogen-bond acceptors (Lipinski definition) is 3. The Kier molecular flexibility index (Phi) is 13.0. The third kappa shape index (κ3) is 12.7. The predicted octanol–water partition coefficient (Wildman–Crippen LogP) is 6.75. The molecule has 2 amide bonds. The SMILES string of the molecule is CCCCCCCCCCc1ccc(C(=O)N[C@H](C)CCN(C)C(=O)OC(C)(C)C)cc1. The van der Waals surface area contributed by atoms with Crippen LogP contribution in [-0.4, -0.2) is 42.1 Å². The first-order valence-electron chi connectivity index (χ1n) is 12.5. The predicted molar refractivity (Wildman–Crippen MR) is 133 cm³/mol. The summed E-state index contributed by atoms with van der Waals surface area (Å²) in [7, 11) is 1.72. The first kappa shape index (κ1) is 28.0. The lowest BCUT2D eigenvalue weighted by atomic mass is 10.0. The van der Waals surface area contributed by atoms with Gasteiger partial charge in [0.15, 0.2) is 0 Å². The quantitative estimate of drug-likeness (QED) is 0.322. The summed E-state index contributed by atoms with van der Waals surface area (Å²) < 4.78 is 5.35. The summed E-state index contributed by atoms with van der Waals surface area (Å²) in [6.07, 6.45) is 12.0. The lowest BCUT2D eigenvalue weighted by Gasteiger charge is -2.25. The molecule has 1 rings (SSSR count). The van der Waals surface area contributed by atoms with Crippen LogP contribution in [0.15, 0.2) is 24.3 Å². The Hall–Kier alpha value is -2.04. The molecular formula is C27H46N2O3. The largest absolute Gasteiger partial charge is 0.444 e. The van der Waals surface area contributed by atoms with E-state index in [1.807, 2.05) is 39.8 Å². The van der Waals surface area contributed by atoms with E-state index in [2.05, 4.69) is 24.4 Å². The molecule has 1 aromatic carbocycles. The van der Waals surface area contributed by atoms with Crippen molar-refractivity contribution in [2.45, 2.75) is 110 Å². The van der Waals surface area contributed by atoms with Gasteiger partial charge in [0, 0.05) is 25.2 Å². The molecule has 0 spiro atoms. The Morgan fingerprint density at radius 1 is 0.969 bits per heavy atom. The second-order valence-corrected chi connectivity index (χ2v) is 9.99. The molecule has 182 valence electrons. The van der Waals surface area contributed by atoms with Gasteiger partial charge >= 0.3 is 6.09 Å². The third-order valence-corrected chi connectivity index (χ3v) is 5.52. The van der Waals surface area contributed by atoms with Crippen LogP contribution in [0.25, 0.3) is 0 Å². The number of nitrogens with one attached hydrogen (secondary N) is 1. The van der Waals surface area contributed by atoms with E-state index in [0.29, 0.717) is 18.5 Å². The maximum absolute atomic E-state index is 12.5. The number of benzene rings is 1. The van der Waals surface area contributed by atoms with Gasteiger partial charge in [0.1, 0.15) is 5.60 Å². The monoisotopic (exact) mass is 446 g/mol. The minimum absolute atomic E-state index is 0.0376. The van der Waals surface area contributed by atoms with Crippen LogP contribution in [0.3, 0.4) is 0 Å². The van der Waals surface area contributed by atoms with E-state index in [1.54, 1.807) is 11.9 Å². The van der Waals surface area contributed by atoms with E-state index in [0.717, 1.165) is 6.42 Å². The molecule has 0 aliphatic rings. The highest BCUT2D eigenvalue weighted by atomic mass is 16.6. The first-order valence-corrected chi connectivity index (χ1v) is 12.5. The molecule has 5 heteroatoms. The van der Waals surface area contributed by atoms with E-state index in [4.69, 9.17) is 4.74 Å². The Balaban J connectivity index is 2.29. The summed E-state index contributed by atoms with van der Waals surface area (Å²) in [6, 6.07) is 7.92. The fourth-order valence-electron chi connectivity index (χ4n) is 3.48. The zero-order valence-corrected chi connectivity index (χ0v) is 21.3. The summed E-state index contributed by atoms with van der Waals surface area (Å²) in [5, 5.41) is 3.02. The van der Waals surface area contributed by atoms with Gasteiger partial charge in [0.25, 0.3) is 5.91 Å². The van der Waals surface area contributed by atoms with Crippen molar-refractivity contribution in [3.63, 3.8) is 0 Å². The van der Waals surface area contributed by atoms with Crippen molar-refractivity contribution in [3.05, 3.63) is 35.4 Å². The zero-order chi connectivity index (χ0) is 24.0. The van der Waals surface area contributed by atoms with Gasteiger partial charge in [-0.3, -0.25) is 4.79 Å². The topological polar surface area (TPSA) is 58.6 Å². The van der Waals surface area contributed by atoms with E-state index in [9.17, 15) is 9.59 Å². The van der Waals surface area contributed by atoms with Crippen LogP contribution in [0.4, 0.5) is 4.79 Å². The van der Waals surface area contributed by atoms with Crippen molar-refractivity contribution >= 4 is 12.0 Å². The van der Waals surface area contributed by atoms with Crippen LogP contribution >= 0.6 is 0 Å². The summed E-state index contributed by atoms with van der Waals surface area (Å²) in [6.45, 7) is 10.3. The lowest BCUT2D eigenvalue weighted by molar-refractivity contribution is 0.0294. The molecule has 0 bridgehead atoms. The molecule has 1 N–H and O–H groups in total. The number of unbranched alkanes of at least 4 members (excludes halogenated alkanes) is 7. The molecule has 0 radical (unpaired) electrons. The Morgan fingerprint density at radius 3 is 2.09 bits per heavy atom. The number of rotatable bonds is 14. The fraction of sp³-hybridized carbons (Fsp3) is 0.704. The Bertz CT molecular complexity index is 664. The number of amides is 2. The maximum Gasteiger partial charge on any atom is 0.410 e. The molecule has 5 nitrogen and oxygen atoms in total. The van der Waals surface area contributed by atoms with Crippen molar-refractivity contribution in [1.29, 1.82) is 0 Å². The molecule has 32 heavy (non-hydrogen) atoms. The molecule has 0 heterocycles. The van der Waals surface area contributed by atoms with Crippen LogP contribution in [-0.2, 0) is 11.2 Å². The normalized spacial score (nSPS) is 12.3. The van der Waals surface area contributed by atoms with Gasteiger partial charge in [0.05, 0.1) is 0 Å². The average molecular weight is 447 g/mol. The standard InChI is InChI=1S/C27H46N2O3/c1-7-8-9-10-11-12-13-14-15-23-16-18-24(19-17-23)25(30)28-22(2)20-21-29(6)26(31)32-27(3,4)5/h16-19,22H,7-15,20-21H2,1-6H3,(H,28,30)/t22-/m1/s1. The Labute approximate surface area is 196 Å². The highest BCUT2D eigenvalue weighted by Gasteiger charge is 2.20. The summed E-state index contributed by atoms with van der Waals surface area (Å²) in [5.74, 6) is -0.0731. The van der Waals surface area contributed by atoms with Gasteiger partial charge in [-0.05, 0) is 64.7 Å². The van der Waals surface area contributed by atoms with Gasteiger partial charge in [-0.1, -0.05) is 64.0 Å². The van der Waals surface area contributed by atoms with Crippen molar-refractivity contribution in [3.8, 4) is 0 Å². The van der Waals surface area contributed by atoms with Crippen LogP contribution in [0.1, 0.15) is 108 Å². The number of aryl methyl sites for hydroxylation is 1. The molecule has 0 saturated heterocycles. The summed E-state index contributed by atoms with van der Waals surface area (Å²) in [5.41, 5.74) is 1.46. The highest BCUT2D eigenvalue weighted by Crippen LogP contribution is 2.13. The van der Waals surface area contributed by atoms with Crippen LogP contribution in [0, 0.1) is 0 Å². The van der Waals surface area contributed by atoms with Gasteiger partial charge in [0.2, 0.25) is 0 Å². The van der Waals surface area contributed by atoms with E-state index < -0.39 is 5.60 Å². The van der Waals surface area contributed by atoms with Gasteiger partial charge < -0.3 is 15.0 Å². The summed E-state index contributed by atoms with van der Waals surface area (Å²) >= 11 is 0. The maximum atomic E-state index is 12.5. The second kappa shape index (κ2) is 14.9. The van der Waals surface area contributed by atoms with Crippen LogP contribution < -0.4 is 5.32 Å². The third-order valence-electron chi connectivity index (χ3n) is 5.52. The highest BCUT2D eigenvalue weighted by molar-refractivity contribution is 5.94. The van der Waals surface area contributed by atoms with Crippen LogP contribution in [0.5, 0.6) is 0 Å². The van der Waals surface area contributed by atoms with E-state index in [1.165, 1.54) is 56.9 Å². The number of carbonyl (C=O) groups is 2. The van der Waals surface area contributed by atoms with E-state index >= 15 is 0 Å². The number of ether oxygens (including phenoxy) is 1. The average Bonchev–Trinajstić information content (AvgIpc) is 2.73. The minimum Gasteiger partial charge on any atom is -0.444 e. The minimum atomic E-state index is -0.508. The Morgan fingerprint density at radius 2 is 1.53 bits per heavy atom. The molecule has 0 aromatic heterocycles. The van der Waals surface area contributed by atoms with Crippen molar-refractivity contribution in [2.24, 2.45) is 0 Å². The molecular weight excluding hydrogens is 400 g/mol. The van der Waals surface area contributed by atoms with Crippen molar-refractivity contribution in [2.75, 3.05) is 13.6 Å².